The average molecular weight is 347 g/mol. The maximum Gasteiger partial charge on any atom is 0.0870 e. The maximum absolute atomic E-state index is 5.00. The molecule has 1 aromatic heterocycles. The van der Waals surface area contributed by atoms with Gasteiger partial charge in [0.2, 0.25) is 0 Å². The zero-order valence-electron chi connectivity index (χ0n) is 12.9. The van der Waals surface area contributed by atoms with Crippen LogP contribution in [0.3, 0.4) is 0 Å². The number of fused-ring (bicyclic) bond motifs is 1. The molecule has 3 heteroatoms. The fourth-order valence-electron chi connectivity index (χ4n) is 3.22. The molecule has 2 nitrogen and oxygen atoms in total. The Kier molecular flexibility index (Phi) is 4.48. The Morgan fingerprint density at radius 1 is 1.29 bits per heavy atom. The summed E-state index contributed by atoms with van der Waals surface area (Å²) in [5.41, 5.74) is 4.87. The van der Waals surface area contributed by atoms with Crippen LogP contribution in [-0.2, 0) is 0 Å². The molecule has 1 aliphatic rings. The van der Waals surface area contributed by atoms with Crippen LogP contribution in [0.2, 0.25) is 0 Å². The number of aryl methyl sites for hydroxylation is 1. The molecule has 1 saturated carbocycles. The minimum atomic E-state index is 0.643. The number of benzene rings is 1. The monoisotopic (exact) mass is 346 g/mol. The van der Waals surface area contributed by atoms with Crippen molar-refractivity contribution in [3.63, 3.8) is 0 Å². The van der Waals surface area contributed by atoms with E-state index in [0.29, 0.717) is 5.92 Å². The van der Waals surface area contributed by atoms with Crippen LogP contribution in [0, 0.1) is 6.92 Å². The molecule has 0 bridgehead atoms. The molecule has 3 rings (SSSR count). The Balaban J connectivity index is 2.14. The normalized spacial score (nSPS) is 15.8. The zero-order chi connectivity index (χ0) is 14.8. The SMILES string of the molecule is CCCNc1cc(C2CCCC2)nc2c(Br)c(C)ccc12. The smallest absolute Gasteiger partial charge is 0.0870 e. The second-order valence-electron chi connectivity index (χ2n) is 6.10. The van der Waals surface area contributed by atoms with Crippen molar-refractivity contribution in [2.75, 3.05) is 11.9 Å². The minimum absolute atomic E-state index is 0.643. The van der Waals surface area contributed by atoms with E-state index in [0.717, 1.165) is 23.0 Å². The Morgan fingerprint density at radius 2 is 2.05 bits per heavy atom. The minimum Gasteiger partial charge on any atom is -0.384 e. The van der Waals surface area contributed by atoms with E-state index in [1.165, 1.54) is 48.0 Å². The van der Waals surface area contributed by atoms with Crippen molar-refractivity contribution < 1.29 is 0 Å². The van der Waals surface area contributed by atoms with Crippen molar-refractivity contribution >= 4 is 32.5 Å². The van der Waals surface area contributed by atoms with E-state index in [2.05, 4.69) is 53.3 Å². The summed E-state index contributed by atoms with van der Waals surface area (Å²) in [6.07, 6.45) is 6.40. The average Bonchev–Trinajstić information content (AvgIpc) is 3.03. The van der Waals surface area contributed by atoms with E-state index in [1.54, 1.807) is 0 Å². The molecule has 0 unspecified atom stereocenters. The van der Waals surface area contributed by atoms with Gasteiger partial charge in [0, 0.05) is 33.7 Å². The molecule has 1 N–H and O–H groups in total. The Hall–Kier alpha value is -1.09. The summed E-state index contributed by atoms with van der Waals surface area (Å²) >= 11 is 3.74. The quantitative estimate of drug-likeness (QED) is 0.758. The lowest BCUT2D eigenvalue weighted by Crippen LogP contribution is -2.05. The highest BCUT2D eigenvalue weighted by Gasteiger charge is 2.20. The number of halogens is 1. The second kappa shape index (κ2) is 6.35. The first-order valence-corrected chi connectivity index (χ1v) is 8.83. The van der Waals surface area contributed by atoms with Gasteiger partial charge in [0.05, 0.1) is 5.52 Å². The van der Waals surface area contributed by atoms with Gasteiger partial charge in [0.25, 0.3) is 0 Å². The molecule has 1 fully saturated rings. The summed E-state index contributed by atoms with van der Waals surface area (Å²) < 4.78 is 1.14. The van der Waals surface area contributed by atoms with Crippen molar-refractivity contribution in [1.29, 1.82) is 0 Å². The van der Waals surface area contributed by atoms with Crippen molar-refractivity contribution in [3.05, 3.63) is 33.9 Å². The number of aromatic nitrogens is 1. The third kappa shape index (κ3) is 2.94. The number of anilines is 1. The third-order valence-corrected chi connectivity index (χ3v) is 5.47. The van der Waals surface area contributed by atoms with E-state index in [1.807, 2.05) is 0 Å². The van der Waals surface area contributed by atoms with Gasteiger partial charge < -0.3 is 5.32 Å². The van der Waals surface area contributed by atoms with Gasteiger partial charge in [-0.05, 0) is 53.7 Å². The molecule has 0 aliphatic heterocycles. The van der Waals surface area contributed by atoms with Crippen LogP contribution < -0.4 is 5.32 Å². The van der Waals surface area contributed by atoms with Crippen molar-refractivity contribution in [3.8, 4) is 0 Å². The summed E-state index contributed by atoms with van der Waals surface area (Å²) in [6.45, 7) is 5.34. The van der Waals surface area contributed by atoms with Crippen LogP contribution in [0.5, 0.6) is 0 Å². The lowest BCUT2D eigenvalue weighted by molar-refractivity contribution is 0.701. The van der Waals surface area contributed by atoms with Crippen LogP contribution in [0.4, 0.5) is 5.69 Å². The Labute approximate surface area is 135 Å². The van der Waals surface area contributed by atoms with Gasteiger partial charge >= 0.3 is 0 Å². The molecule has 21 heavy (non-hydrogen) atoms. The Bertz CT molecular complexity index is 645. The number of hydrogen-bond acceptors (Lipinski definition) is 2. The van der Waals surface area contributed by atoms with Crippen molar-refractivity contribution in [2.45, 2.75) is 51.9 Å². The largest absolute Gasteiger partial charge is 0.384 e. The van der Waals surface area contributed by atoms with Gasteiger partial charge in [-0.3, -0.25) is 4.98 Å². The lowest BCUT2D eigenvalue weighted by Gasteiger charge is -2.16. The summed E-state index contributed by atoms with van der Waals surface area (Å²) in [7, 11) is 0. The van der Waals surface area contributed by atoms with Crippen LogP contribution in [0.25, 0.3) is 10.9 Å². The number of pyridine rings is 1. The predicted octanol–water partition coefficient (Wildman–Crippen LogP) is 5.79. The van der Waals surface area contributed by atoms with E-state index in [4.69, 9.17) is 4.98 Å². The number of nitrogens with zero attached hydrogens (tertiary/aromatic N) is 1. The topological polar surface area (TPSA) is 24.9 Å². The van der Waals surface area contributed by atoms with Gasteiger partial charge in [-0.2, -0.15) is 0 Å². The number of nitrogens with one attached hydrogen (secondary N) is 1. The molecule has 0 spiro atoms. The maximum atomic E-state index is 5.00. The lowest BCUT2D eigenvalue weighted by atomic mass is 10.0. The highest BCUT2D eigenvalue weighted by molar-refractivity contribution is 9.10. The fourth-order valence-corrected chi connectivity index (χ4v) is 3.65. The number of rotatable bonds is 4. The molecule has 0 atom stereocenters. The van der Waals surface area contributed by atoms with Crippen LogP contribution >= 0.6 is 15.9 Å². The molecular formula is C18H23BrN2. The molecule has 0 saturated heterocycles. The van der Waals surface area contributed by atoms with Crippen LogP contribution in [-0.4, -0.2) is 11.5 Å². The summed E-state index contributed by atoms with van der Waals surface area (Å²) in [4.78, 5) is 5.00. The first-order chi connectivity index (χ1) is 10.2. The third-order valence-electron chi connectivity index (χ3n) is 4.47. The van der Waals surface area contributed by atoms with E-state index in [-0.39, 0.29) is 0 Å². The van der Waals surface area contributed by atoms with Gasteiger partial charge in [-0.15, -0.1) is 0 Å². The zero-order valence-corrected chi connectivity index (χ0v) is 14.5. The Morgan fingerprint density at radius 3 is 2.76 bits per heavy atom. The van der Waals surface area contributed by atoms with E-state index in [9.17, 15) is 0 Å². The summed E-state index contributed by atoms with van der Waals surface area (Å²) in [6, 6.07) is 6.65. The molecule has 2 aromatic rings. The summed E-state index contributed by atoms with van der Waals surface area (Å²) in [5, 5.41) is 4.81. The van der Waals surface area contributed by atoms with Crippen LogP contribution in [0.15, 0.2) is 22.7 Å². The second-order valence-corrected chi connectivity index (χ2v) is 6.89. The first-order valence-electron chi connectivity index (χ1n) is 8.04. The number of hydrogen-bond donors (Lipinski definition) is 1. The predicted molar refractivity (Wildman–Crippen MR) is 94.2 cm³/mol. The highest BCUT2D eigenvalue weighted by Crippen LogP contribution is 2.38. The van der Waals surface area contributed by atoms with Gasteiger partial charge in [0.15, 0.2) is 0 Å². The fraction of sp³-hybridized carbons (Fsp3) is 0.500. The molecule has 0 amide bonds. The van der Waals surface area contributed by atoms with E-state index < -0.39 is 0 Å². The van der Waals surface area contributed by atoms with Crippen molar-refractivity contribution in [2.24, 2.45) is 0 Å². The van der Waals surface area contributed by atoms with E-state index >= 15 is 0 Å². The van der Waals surface area contributed by atoms with Crippen molar-refractivity contribution in [1.82, 2.24) is 4.98 Å². The molecule has 1 aliphatic carbocycles. The highest BCUT2D eigenvalue weighted by atomic mass is 79.9. The first kappa shape index (κ1) is 14.8. The summed E-state index contributed by atoms with van der Waals surface area (Å²) in [5.74, 6) is 0.643. The molecule has 112 valence electrons. The molecular weight excluding hydrogens is 324 g/mol. The van der Waals surface area contributed by atoms with Gasteiger partial charge in [0.1, 0.15) is 0 Å². The molecule has 1 heterocycles. The standard InChI is InChI=1S/C18H23BrN2/c1-3-10-20-16-11-15(13-6-4-5-7-13)21-18-14(16)9-8-12(2)17(18)19/h8-9,11,13H,3-7,10H2,1-2H3,(H,20,21). The van der Waals surface area contributed by atoms with Gasteiger partial charge in [-0.25, -0.2) is 0 Å². The van der Waals surface area contributed by atoms with Gasteiger partial charge in [-0.1, -0.05) is 31.9 Å². The molecule has 1 aromatic carbocycles. The molecule has 0 radical (unpaired) electrons. The van der Waals surface area contributed by atoms with Crippen LogP contribution in [0.1, 0.15) is 56.2 Å².